The smallest absolute Gasteiger partial charge is 0.255 e. The fourth-order valence-corrected chi connectivity index (χ4v) is 3.99. The van der Waals surface area contributed by atoms with Gasteiger partial charge in [-0.25, -0.2) is 5.48 Å². The van der Waals surface area contributed by atoms with Crippen LogP contribution in [0.25, 0.3) is 0 Å². The Labute approximate surface area is 179 Å². The van der Waals surface area contributed by atoms with Crippen LogP contribution in [0.5, 0.6) is 0 Å². The van der Waals surface area contributed by atoms with Gasteiger partial charge in [0, 0.05) is 36.2 Å². The van der Waals surface area contributed by atoms with E-state index in [1.54, 1.807) is 23.7 Å². The van der Waals surface area contributed by atoms with Crippen molar-refractivity contribution in [3.05, 3.63) is 29.3 Å². The average Bonchev–Trinajstić information content (AvgIpc) is 3.08. The summed E-state index contributed by atoms with van der Waals surface area (Å²) >= 11 is 0. The van der Waals surface area contributed by atoms with Crippen molar-refractivity contribution >= 4 is 29.3 Å². The molecule has 5 N–H and O–H groups in total. The van der Waals surface area contributed by atoms with E-state index >= 15 is 0 Å². The number of benzene rings is 1. The molecule has 3 rings (SSSR count). The fourth-order valence-electron chi connectivity index (χ4n) is 3.99. The predicted molar refractivity (Wildman–Crippen MR) is 110 cm³/mol. The van der Waals surface area contributed by atoms with Gasteiger partial charge in [0.15, 0.2) is 0 Å². The number of nitrogens with one attached hydrogen (secondary N) is 3. The summed E-state index contributed by atoms with van der Waals surface area (Å²) in [7, 11) is 0. The Morgan fingerprint density at radius 2 is 1.77 bits per heavy atom. The molecule has 2 atom stereocenters. The van der Waals surface area contributed by atoms with Gasteiger partial charge in [-0.15, -0.1) is 0 Å². The molecular formula is C21H28N4O6. The van der Waals surface area contributed by atoms with Crippen LogP contribution in [0.15, 0.2) is 18.2 Å². The standard InChI is InChI=1S/C21H28N4O6/c26-17(8-3-1-2-4-9-19(28)24-31)22-15-7-5-6-13-14(15)12-25(21(13)30)16-10-11-18(27)23-20(16)29/h5-7,16,18,27,31H,1-4,8-12H2,(H,22,26)(H,23,29)(H,24,28). The average molecular weight is 432 g/mol. The third kappa shape index (κ3) is 5.59. The van der Waals surface area contributed by atoms with E-state index in [1.165, 1.54) is 4.90 Å². The number of nitrogens with zero attached hydrogens (tertiary/aromatic N) is 1. The van der Waals surface area contributed by atoms with E-state index in [0.717, 1.165) is 12.8 Å². The third-order valence-corrected chi connectivity index (χ3v) is 5.65. The molecular weight excluding hydrogens is 404 g/mol. The minimum atomic E-state index is -0.884. The Bertz CT molecular complexity index is 858. The molecule has 2 unspecified atom stereocenters. The van der Waals surface area contributed by atoms with E-state index in [1.807, 2.05) is 0 Å². The van der Waals surface area contributed by atoms with E-state index in [0.29, 0.717) is 48.9 Å². The lowest BCUT2D eigenvalue weighted by Gasteiger charge is -2.32. The second kappa shape index (κ2) is 10.4. The fraction of sp³-hybridized carbons (Fsp3) is 0.524. The summed E-state index contributed by atoms with van der Waals surface area (Å²) in [4.78, 5) is 49.8. The van der Waals surface area contributed by atoms with E-state index < -0.39 is 18.2 Å². The van der Waals surface area contributed by atoms with Gasteiger partial charge in [-0.2, -0.15) is 0 Å². The first kappa shape index (κ1) is 22.7. The lowest BCUT2D eigenvalue weighted by Crippen LogP contribution is -2.54. The van der Waals surface area contributed by atoms with Crippen LogP contribution >= 0.6 is 0 Å². The molecule has 0 spiro atoms. The van der Waals surface area contributed by atoms with Gasteiger partial charge in [-0.1, -0.05) is 18.9 Å². The molecule has 10 nitrogen and oxygen atoms in total. The van der Waals surface area contributed by atoms with Gasteiger partial charge in [0.1, 0.15) is 12.3 Å². The van der Waals surface area contributed by atoms with Gasteiger partial charge in [0.05, 0.1) is 0 Å². The molecule has 0 aromatic heterocycles. The van der Waals surface area contributed by atoms with Crippen molar-refractivity contribution in [1.82, 2.24) is 15.7 Å². The molecule has 1 fully saturated rings. The molecule has 1 saturated heterocycles. The van der Waals surface area contributed by atoms with E-state index in [-0.39, 0.29) is 30.7 Å². The highest BCUT2D eigenvalue weighted by Crippen LogP contribution is 2.32. The number of carbonyl (C=O) groups excluding carboxylic acids is 4. The summed E-state index contributed by atoms with van der Waals surface area (Å²) in [6, 6.07) is 4.49. The Hall–Kier alpha value is -2.98. The Morgan fingerprint density at radius 3 is 2.45 bits per heavy atom. The van der Waals surface area contributed by atoms with E-state index in [4.69, 9.17) is 5.21 Å². The zero-order valence-electron chi connectivity index (χ0n) is 17.2. The normalized spacial score (nSPS) is 20.3. The molecule has 2 aliphatic rings. The van der Waals surface area contributed by atoms with Crippen molar-refractivity contribution in [3.63, 3.8) is 0 Å². The van der Waals surface area contributed by atoms with Crippen molar-refractivity contribution in [3.8, 4) is 0 Å². The molecule has 2 heterocycles. The van der Waals surface area contributed by atoms with Crippen LogP contribution in [0.4, 0.5) is 5.69 Å². The first-order valence-corrected chi connectivity index (χ1v) is 10.5. The van der Waals surface area contributed by atoms with Crippen LogP contribution < -0.4 is 16.1 Å². The number of amides is 4. The number of unbranched alkanes of at least 4 members (excludes halogenated alkanes) is 3. The number of piperidine rings is 1. The van der Waals surface area contributed by atoms with E-state index in [9.17, 15) is 24.3 Å². The SMILES string of the molecule is O=C(CCCCCCC(=O)Nc1cccc2c1CN(C1CCC(O)NC1=O)C2=O)NO. The molecule has 10 heteroatoms. The van der Waals surface area contributed by atoms with Crippen LogP contribution in [0.1, 0.15) is 67.3 Å². The Kier molecular flexibility index (Phi) is 7.59. The largest absolute Gasteiger partial charge is 0.374 e. The van der Waals surface area contributed by atoms with Gasteiger partial charge in [0.2, 0.25) is 17.7 Å². The maximum absolute atomic E-state index is 12.8. The molecule has 1 aromatic carbocycles. The Balaban J connectivity index is 1.53. The van der Waals surface area contributed by atoms with Gasteiger partial charge in [-0.05, 0) is 37.8 Å². The molecule has 0 radical (unpaired) electrons. The molecule has 0 saturated carbocycles. The van der Waals surface area contributed by atoms with Crippen molar-refractivity contribution < 1.29 is 29.5 Å². The number of aliphatic hydroxyl groups excluding tert-OH is 1. The number of rotatable bonds is 9. The summed E-state index contributed by atoms with van der Waals surface area (Å²) in [5.41, 5.74) is 3.31. The zero-order chi connectivity index (χ0) is 22.4. The number of carbonyl (C=O) groups is 4. The number of hydrogen-bond donors (Lipinski definition) is 5. The minimum Gasteiger partial charge on any atom is -0.374 e. The molecule has 4 amide bonds. The van der Waals surface area contributed by atoms with Gasteiger partial charge >= 0.3 is 0 Å². The highest BCUT2D eigenvalue weighted by atomic mass is 16.5. The van der Waals surface area contributed by atoms with E-state index in [2.05, 4.69) is 10.6 Å². The highest BCUT2D eigenvalue weighted by Gasteiger charge is 2.39. The van der Waals surface area contributed by atoms with Crippen molar-refractivity contribution in [1.29, 1.82) is 0 Å². The van der Waals surface area contributed by atoms with Crippen molar-refractivity contribution in [2.45, 2.75) is 70.2 Å². The topological polar surface area (TPSA) is 148 Å². The lowest BCUT2D eigenvalue weighted by molar-refractivity contribution is -0.132. The second-order valence-corrected chi connectivity index (χ2v) is 7.88. The monoisotopic (exact) mass is 432 g/mol. The summed E-state index contributed by atoms with van der Waals surface area (Å²) in [6.07, 6.45) is 3.32. The zero-order valence-corrected chi connectivity index (χ0v) is 17.2. The quantitative estimate of drug-likeness (QED) is 0.224. The molecule has 1 aromatic rings. The summed E-state index contributed by atoms with van der Waals surface area (Å²) in [6.45, 7) is 0.228. The number of aliphatic hydroxyl groups is 1. The third-order valence-electron chi connectivity index (χ3n) is 5.65. The molecule has 2 aliphatic heterocycles. The van der Waals surface area contributed by atoms with Gasteiger partial charge in [0.25, 0.3) is 5.91 Å². The van der Waals surface area contributed by atoms with Crippen LogP contribution in [0.3, 0.4) is 0 Å². The van der Waals surface area contributed by atoms with Gasteiger partial charge in [-0.3, -0.25) is 24.4 Å². The molecule has 168 valence electrons. The molecule has 31 heavy (non-hydrogen) atoms. The van der Waals surface area contributed by atoms with Crippen LogP contribution in [0.2, 0.25) is 0 Å². The first-order valence-electron chi connectivity index (χ1n) is 10.5. The molecule has 0 aliphatic carbocycles. The number of fused-ring (bicyclic) bond motifs is 1. The summed E-state index contributed by atoms with van der Waals surface area (Å²) < 4.78 is 0. The second-order valence-electron chi connectivity index (χ2n) is 7.88. The highest BCUT2D eigenvalue weighted by molar-refractivity contribution is 6.04. The maximum Gasteiger partial charge on any atom is 0.255 e. The van der Waals surface area contributed by atoms with Crippen molar-refractivity contribution in [2.75, 3.05) is 5.32 Å². The predicted octanol–water partition coefficient (Wildman–Crippen LogP) is 1.02. The molecule has 0 bridgehead atoms. The number of hydroxylamine groups is 1. The van der Waals surface area contributed by atoms with Crippen molar-refractivity contribution in [2.24, 2.45) is 0 Å². The van der Waals surface area contributed by atoms with Gasteiger partial charge < -0.3 is 20.6 Å². The lowest BCUT2D eigenvalue weighted by atomic mass is 10.0. The Morgan fingerprint density at radius 1 is 1.06 bits per heavy atom. The summed E-state index contributed by atoms with van der Waals surface area (Å²) in [5.74, 6) is -1.20. The number of anilines is 1. The van der Waals surface area contributed by atoms with Crippen LogP contribution in [-0.4, -0.2) is 51.1 Å². The maximum atomic E-state index is 12.8. The number of hydrogen-bond acceptors (Lipinski definition) is 6. The van der Waals surface area contributed by atoms with Crippen LogP contribution in [-0.2, 0) is 20.9 Å². The first-order chi connectivity index (χ1) is 14.9. The summed E-state index contributed by atoms with van der Waals surface area (Å²) in [5, 5.41) is 23.3. The van der Waals surface area contributed by atoms with Crippen LogP contribution in [0, 0.1) is 0 Å². The minimum absolute atomic E-state index is 0.161.